The summed E-state index contributed by atoms with van der Waals surface area (Å²) in [5.74, 6) is 0.462. The Morgan fingerprint density at radius 3 is 2.91 bits per heavy atom. The van der Waals surface area contributed by atoms with E-state index in [0.29, 0.717) is 28.6 Å². The number of ether oxygens (including phenoxy) is 2. The van der Waals surface area contributed by atoms with E-state index in [1.165, 1.54) is 0 Å². The van der Waals surface area contributed by atoms with Gasteiger partial charge < -0.3 is 14.8 Å². The van der Waals surface area contributed by atoms with Gasteiger partial charge in [-0.1, -0.05) is 29.8 Å². The minimum Gasteiger partial charge on any atom is -0.491 e. The average molecular weight is 332 g/mol. The van der Waals surface area contributed by atoms with Crippen LogP contribution in [0.5, 0.6) is 5.75 Å². The van der Waals surface area contributed by atoms with Crippen molar-refractivity contribution in [2.75, 3.05) is 18.5 Å². The third-order valence-electron chi connectivity index (χ3n) is 3.67. The van der Waals surface area contributed by atoms with Gasteiger partial charge in [0.05, 0.1) is 16.7 Å². The number of benzene rings is 2. The highest BCUT2D eigenvalue weighted by atomic mass is 35.5. The fraction of sp³-hybridized carbons (Fsp3) is 0.278. The van der Waals surface area contributed by atoms with Gasteiger partial charge in [0.15, 0.2) is 0 Å². The molecule has 0 saturated carbocycles. The average Bonchev–Trinajstić information content (AvgIpc) is 3.07. The Bertz CT molecular complexity index is 683. The van der Waals surface area contributed by atoms with E-state index in [9.17, 15) is 4.79 Å². The van der Waals surface area contributed by atoms with Crippen molar-refractivity contribution in [3.05, 3.63) is 59.1 Å². The van der Waals surface area contributed by atoms with Crippen LogP contribution in [0.4, 0.5) is 5.69 Å². The van der Waals surface area contributed by atoms with Gasteiger partial charge in [0.1, 0.15) is 12.4 Å². The highest BCUT2D eigenvalue weighted by Gasteiger charge is 2.16. The van der Waals surface area contributed by atoms with Crippen LogP contribution in [0.1, 0.15) is 23.2 Å². The van der Waals surface area contributed by atoms with Crippen LogP contribution < -0.4 is 10.1 Å². The van der Waals surface area contributed by atoms with Crippen LogP contribution in [-0.4, -0.2) is 25.2 Å². The number of hydrogen-bond donors (Lipinski definition) is 1. The molecule has 1 amide bonds. The summed E-state index contributed by atoms with van der Waals surface area (Å²) in [5, 5.41) is 3.26. The number of hydrogen-bond acceptors (Lipinski definition) is 3. The van der Waals surface area contributed by atoms with Crippen LogP contribution in [0.15, 0.2) is 48.5 Å². The lowest BCUT2D eigenvalue weighted by Crippen LogP contribution is -2.16. The maximum atomic E-state index is 12.3. The van der Waals surface area contributed by atoms with Crippen molar-refractivity contribution in [3.63, 3.8) is 0 Å². The van der Waals surface area contributed by atoms with E-state index in [0.717, 1.165) is 19.4 Å². The molecular formula is C18H18ClNO3. The lowest BCUT2D eigenvalue weighted by molar-refractivity contribution is 0.0680. The molecule has 2 aromatic carbocycles. The Morgan fingerprint density at radius 2 is 2.13 bits per heavy atom. The molecule has 0 aliphatic carbocycles. The Labute approximate surface area is 140 Å². The van der Waals surface area contributed by atoms with Gasteiger partial charge >= 0.3 is 0 Å². The molecule has 1 atom stereocenters. The third kappa shape index (κ3) is 4.24. The number of halogens is 1. The lowest BCUT2D eigenvalue weighted by atomic mass is 10.2. The van der Waals surface area contributed by atoms with Gasteiger partial charge in [-0.3, -0.25) is 4.79 Å². The minimum absolute atomic E-state index is 0.163. The highest BCUT2D eigenvalue weighted by molar-refractivity contribution is 6.34. The standard InChI is InChI=1S/C18H18ClNO3/c19-17-9-2-1-8-16(17)18(21)20-13-5-3-6-14(11-13)23-12-15-7-4-10-22-15/h1-3,5-6,8-9,11,15H,4,7,10,12H2,(H,20,21). The zero-order valence-corrected chi connectivity index (χ0v) is 13.4. The van der Waals surface area contributed by atoms with Gasteiger partial charge in [0, 0.05) is 18.4 Å². The molecule has 2 aromatic rings. The summed E-state index contributed by atoms with van der Waals surface area (Å²) in [6.07, 6.45) is 2.28. The van der Waals surface area contributed by atoms with E-state index < -0.39 is 0 Å². The first-order chi connectivity index (χ1) is 11.2. The molecule has 1 fully saturated rings. The van der Waals surface area contributed by atoms with Gasteiger partial charge in [0.25, 0.3) is 5.91 Å². The number of anilines is 1. The molecule has 1 aliphatic rings. The summed E-state index contributed by atoms with van der Waals surface area (Å²) in [4.78, 5) is 12.3. The zero-order valence-electron chi connectivity index (χ0n) is 12.6. The van der Waals surface area contributed by atoms with Gasteiger partial charge in [-0.25, -0.2) is 0 Å². The molecule has 1 saturated heterocycles. The van der Waals surface area contributed by atoms with Crippen LogP contribution in [0.25, 0.3) is 0 Å². The van der Waals surface area contributed by atoms with Gasteiger partial charge in [-0.2, -0.15) is 0 Å². The SMILES string of the molecule is O=C(Nc1cccc(OCC2CCCO2)c1)c1ccccc1Cl. The molecule has 120 valence electrons. The molecule has 1 N–H and O–H groups in total. The molecule has 0 aromatic heterocycles. The van der Waals surface area contributed by atoms with E-state index >= 15 is 0 Å². The lowest BCUT2D eigenvalue weighted by Gasteiger charge is -2.13. The third-order valence-corrected chi connectivity index (χ3v) is 4.00. The van der Waals surface area contributed by atoms with E-state index in [-0.39, 0.29) is 12.0 Å². The molecule has 0 spiro atoms. The molecule has 5 heteroatoms. The Hall–Kier alpha value is -2.04. The van der Waals surface area contributed by atoms with Crippen molar-refractivity contribution in [1.82, 2.24) is 0 Å². The zero-order chi connectivity index (χ0) is 16.1. The maximum absolute atomic E-state index is 12.3. The van der Waals surface area contributed by atoms with E-state index in [2.05, 4.69) is 5.32 Å². The number of amides is 1. The maximum Gasteiger partial charge on any atom is 0.257 e. The molecule has 23 heavy (non-hydrogen) atoms. The smallest absolute Gasteiger partial charge is 0.257 e. The molecule has 1 aliphatic heterocycles. The first-order valence-corrected chi connectivity index (χ1v) is 8.00. The number of rotatable bonds is 5. The van der Waals surface area contributed by atoms with Crippen LogP contribution in [-0.2, 0) is 4.74 Å². The van der Waals surface area contributed by atoms with Crippen LogP contribution in [0, 0.1) is 0 Å². The van der Waals surface area contributed by atoms with E-state index in [4.69, 9.17) is 21.1 Å². The van der Waals surface area contributed by atoms with Gasteiger partial charge in [0.2, 0.25) is 0 Å². The molecular weight excluding hydrogens is 314 g/mol. The highest BCUT2D eigenvalue weighted by Crippen LogP contribution is 2.21. The predicted molar refractivity (Wildman–Crippen MR) is 90.3 cm³/mol. The Kier molecular flexibility index (Phi) is 5.16. The Morgan fingerprint density at radius 1 is 1.26 bits per heavy atom. The summed E-state index contributed by atoms with van der Waals surface area (Å²) < 4.78 is 11.3. The number of nitrogens with one attached hydrogen (secondary N) is 1. The fourth-order valence-electron chi connectivity index (χ4n) is 2.47. The second kappa shape index (κ2) is 7.49. The second-order valence-corrected chi connectivity index (χ2v) is 5.82. The molecule has 1 unspecified atom stereocenters. The largest absolute Gasteiger partial charge is 0.491 e. The van der Waals surface area contributed by atoms with Crippen molar-refractivity contribution < 1.29 is 14.3 Å². The summed E-state index contributed by atoms with van der Waals surface area (Å²) in [7, 11) is 0. The monoisotopic (exact) mass is 331 g/mol. The quantitative estimate of drug-likeness (QED) is 0.895. The summed E-state index contributed by atoms with van der Waals surface area (Å²) in [5.41, 5.74) is 1.11. The molecule has 0 radical (unpaired) electrons. The topological polar surface area (TPSA) is 47.6 Å². The number of carbonyl (C=O) groups excluding carboxylic acids is 1. The van der Waals surface area contributed by atoms with Gasteiger partial charge in [-0.15, -0.1) is 0 Å². The molecule has 4 nitrogen and oxygen atoms in total. The minimum atomic E-state index is -0.244. The fourth-order valence-corrected chi connectivity index (χ4v) is 2.69. The van der Waals surface area contributed by atoms with Crippen molar-refractivity contribution >= 4 is 23.2 Å². The van der Waals surface area contributed by atoms with Crippen LogP contribution in [0.2, 0.25) is 5.02 Å². The summed E-state index contributed by atoms with van der Waals surface area (Å²) in [6, 6.07) is 14.3. The van der Waals surface area contributed by atoms with E-state index in [1.807, 2.05) is 18.2 Å². The first-order valence-electron chi connectivity index (χ1n) is 7.63. The molecule has 0 bridgehead atoms. The van der Waals surface area contributed by atoms with E-state index in [1.54, 1.807) is 30.3 Å². The van der Waals surface area contributed by atoms with Gasteiger partial charge in [-0.05, 0) is 37.1 Å². The number of carbonyl (C=O) groups is 1. The Balaban J connectivity index is 1.63. The van der Waals surface area contributed by atoms with Crippen LogP contribution in [0.3, 0.4) is 0 Å². The second-order valence-electron chi connectivity index (χ2n) is 5.41. The summed E-state index contributed by atoms with van der Waals surface area (Å²) >= 11 is 6.04. The molecule has 3 rings (SSSR count). The predicted octanol–water partition coefficient (Wildman–Crippen LogP) is 4.15. The van der Waals surface area contributed by atoms with Crippen molar-refractivity contribution in [3.8, 4) is 5.75 Å². The first kappa shape index (κ1) is 15.8. The van der Waals surface area contributed by atoms with Crippen molar-refractivity contribution in [2.24, 2.45) is 0 Å². The van der Waals surface area contributed by atoms with Crippen molar-refractivity contribution in [2.45, 2.75) is 18.9 Å². The summed E-state index contributed by atoms with van der Waals surface area (Å²) in [6.45, 7) is 1.34. The molecule has 1 heterocycles. The van der Waals surface area contributed by atoms with Crippen molar-refractivity contribution in [1.29, 1.82) is 0 Å². The van der Waals surface area contributed by atoms with Crippen LogP contribution >= 0.6 is 11.6 Å². The normalized spacial score (nSPS) is 17.0.